The molecule has 0 bridgehead atoms. The minimum Gasteiger partial charge on any atom is -0.465 e. The van der Waals surface area contributed by atoms with Crippen molar-refractivity contribution in [2.75, 3.05) is 20.3 Å². The predicted molar refractivity (Wildman–Crippen MR) is 83.1 cm³/mol. The lowest BCUT2D eigenvalue weighted by atomic mass is 9.94. The molecule has 0 unspecified atom stereocenters. The van der Waals surface area contributed by atoms with Crippen LogP contribution in [0, 0.1) is 5.92 Å². The Bertz CT molecular complexity index is 739. The molecule has 0 atom stereocenters. The molecule has 1 aromatic heterocycles. The molecule has 1 aliphatic rings. The van der Waals surface area contributed by atoms with Gasteiger partial charge < -0.3 is 14.2 Å². The molecule has 1 aliphatic heterocycles. The topological polar surface area (TPSA) is 70.0 Å². The van der Waals surface area contributed by atoms with Gasteiger partial charge in [-0.1, -0.05) is 13.8 Å². The summed E-state index contributed by atoms with van der Waals surface area (Å²) in [6.07, 6.45) is -9.12. The van der Waals surface area contributed by atoms with E-state index in [-0.39, 0.29) is 31.1 Å². The number of alkyl halides is 5. The van der Waals surface area contributed by atoms with Gasteiger partial charge in [0.1, 0.15) is 24.6 Å². The zero-order valence-electron chi connectivity index (χ0n) is 14.7. The minimum atomic E-state index is -5.10. The zero-order valence-corrected chi connectivity index (χ0v) is 14.7. The SMILES string of the molecule is COC(=O)c1c(C(F)F)nc(C(F)(F)F)c(N=C2OCCO2)c1CC(C)C. The fourth-order valence-electron chi connectivity index (χ4n) is 2.51. The van der Waals surface area contributed by atoms with E-state index in [9.17, 15) is 26.7 Å². The molecule has 0 amide bonds. The van der Waals surface area contributed by atoms with Crippen molar-refractivity contribution in [1.29, 1.82) is 0 Å². The van der Waals surface area contributed by atoms with Crippen molar-refractivity contribution in [3.05, 3.63) is 22.5 Å². The first-order chi connectivity index (χ1) is 12.6. The number of esters is 1. The van der Waals surface area contributed by atoms with Gasteiger partial charge in [-0.05, 0) is 17.9 Å². The third kappa shape index (κ3) is 4.64. The Morgan fingerprint density at radius 3 is 2.30 bits per heavy atom. The Hall–Kier alpha value is -2.46. The second-order valence-corrected chi connectivity index (χ2v) is 6.01. The van der Waals surface area contributed by atoms with Crippen LogP contribution in [-0.2, 0) is 26.8 Å². The van der Waals surface area contributed by atoms with Crippen LogP contribution in [-0.4, -0.2) is 37.4 Å². The van der Waals surface area contributed by atoms with E-state index < -0.39 is 47.3 Å². The van der Waals surface area contributed by atoms with E-state index in [4.69, 9.17) is 9.47 Å². The van der Waals surface area contributed by atoms with Crippen molar-refractivity contribution in [1.82, 2.24) is 4.98 Å². The maximum atomic E-state index is 13.5. The maximum absolute atomic E-state index is 13.5. The predicted octanol–water partition coefficient (Wildman–Crippen LogP) is 4.06. The molecule has 1 saturated heterocycles. The van der Waals surface area contributed by atoms with Crippen LogP contribution in [0.5, 0.6) is 0 Å². The van der Waals surface area contributed by atoms with Crippen molar-refractivity contribution in [3.8, 4) is 0 Å². The summed E-state index contributed by atoms with van der Waals surface area (Å²) in [5.41, 5.74) is -4.82. The molecule has 0 radical (unpaired) electrons. The lowest BCUT2D eigenvalue weighted by Gasteiger charge is -2.20. The molecule has 6 nitrogen and oxygen atoms in total. The molecule has 0 aromatic carbocycles. The highest BCUT2D eigenvalue weighted by molar-refractivity contribution is 5.94. The van der Waals surface area contributed by atoms with Crippen LogP contribution in [0.25, 0.3) is 0 Å². The Balaban J connectivity index is 2.90. The molecule has 2 heterocycles. The standard InChI is InChI=1S/C16H17F5N2O4/c1-7(2)6-8-9(14(24)25-3)11(13(17)18)22-12(16(19,20)21)10(8)23-15-26-4-5-27-15/h7,13H,4-6H2,1-3H3. The van der Waals surface area contributed by atoms with Crippen LogP contribution < -0.4 is 0 Å². The summed E-state index contributed by atoms with van der Waals surface area (Å²) in [5, 5.41) is 0. The van der Waals surface area contributed by atoms with Crippen LogP contribution in [0.1, 0.15) is 47.6 Å². The van der Waals surface area contributed by atoms with Crippen LogP contribution in [0.3, 0.4) is 0 Å². The van der Waals surface area contributed by atoms with Gasteiger partial charge in [0.2, 0.25) is 0 Å². The summed E-state index contributed by atoms with van der Waals surface area (Å²) < 4.78 is 81.8. The van der Waals surface area contributed by atoms with Crippen molar-refractivity contribution in [2.45, 2.75) is 32.9 Å². The molecule has 0 spiro atoms. The van der Waals surface area contributed by atoms with Crippen molar-refractivity contribution in [3.63, 3.8) is 0 Å². The van der Waals surface area contributed by atoms with Gasteiger partial charge in [-0.3, -0.25) is 0 Å². The zero-order chi connectivity index (χ0) is 20.4. The normalized spacial score (nSPS) is 14.4. The van der Waals surface area contributed by atoms with Crippen LogP contribution in [0.4, 0.5) is 27.6 Å². The van der Waals surface area contributed by atoms with E-state index in [1.54, 1.807) is 13.8 Å². The van der Waals surface area contributed by atoms with Gasteiger partial charge in [0.25, 0.3) is 6.43 Å². The highest BCUT2D eigenvalue weighted by Crippen LogP contribution is 2.42. The molecule has 27 heavy (non-hydrogen) atoms. The highest BCUT2D eigenvalue weighted by Gasteiger charge is 2.41. The summed E-state index contributed by atoms with van der Waals surface area (Å²) >= 11 is 0. The number of ether oxygens (including phenoxy) is 3. The Morgan fingerprint density at radius 2 is 1.85 bits per heavy atom. The van der Waals surface area contributed by atoms with Gasteiger partial charge in [0.05, 0.1) is 12.7 Å². The molecule has 0 aliphatic carbocycles. The van der Waals surface area contributed by atoms with Crippen LogP contribution >= 0.6 is 0 Å². The molecule has 0 N–H and O–H groups in total. The maximum Gasteiger partial charge on any atom is 0.435 e. The summed E-state index contributed by atoms with van der Waals surface area (Å²) in [4.78, 5) is 18.8. The smallest absolute Gasteiger partial charge is 0.435 e. The number of halogens is 5. The second kappa shape index (κ2) is 8.05. The highest BCUT2D eigenvalue weighted by atomic mass is 19.4. The van der Waals surface area contributed by atoms with E-state index in [2.05, 4.69) is 14.7 Å². The van der Waals surface area contributed by atoms with Gasteiger partial charge in [-0.2, -0.15) is 18.2 Å². The van der Waals surface area contributed by atoms with Gasteiger partial charge >= 0.3 is 18.2 Å². The number of aromatic nitrogens is 1. The number of nitrogens with zero attached hydrogens (tertiary/aromatic N) is 2. The Morgan fingerprint density at radius 1 is 1.26 bits per heavy atom. The number of carbonyl (C=O) groups excluding carboxylic acids is 1. The summed E-state index contributed by atoms with van der Waals surface area (Å²) in [6, 6.07) is 0. The monoisotopic (exact) mass is 396 g/mol. The minimum absolute atomic E-state index is 0.0755. The van der Waals surface area contributed by atoms with E-state index in [0.717, 1.165) is 7.11 Å². The third-order valence-electron chi connectivity index (χ3n) is 3.51. The number of hydrogen-bond acceptors (Lipinski definition) is 6. The summed E-state index contributed by atoms with van der Waals surface area (Å²) in [6.45, 7) is 3.45. The Kier molecular flexibility index (Phi) is 6.22. The van der Waals surface area contributed by atoms with Gasteiger partial charge in [0.15, 0.2) is 5.69 Å². The number of methoxy groups -OCH3 is 1. The average Bonchev–Trinajstić information content (AvgIpc) is 3.06. The van der Waals surface area contributed by atoms with Gasteiger partial charge in [0, 0.05) is 0 Å². The molecular weight excluding hydrogens is 379 g/mol. The summed E-state index contributed by atoms with van der Waals surface area (Å²) in [7, 11) is 0.934. The van der Waals surface area contributed by atoms with Crippen LogP contribution in [0.2, 0.25) is 0 Å². The fourth-order valence-corrected chi connectivity index (χ4v) is 2.51. The molecule has 0 saturated carbocycles. The number of hydrogen-bond donors (Lipinski definition) is 0. The largest absolute Gasteiger partial charge is 0.465 e. The first kappa shape index (κ1) is 20.8. The van der Waals surface area contributed by atoms with Gasteiger partial charge in [-0.15, -0.1) is 0 Å². The lowest BCUT2D eigenvalue weighted by molar-refractivity contribution is -0.140. The van der Waals surface area contributed by atoms with E-state index in [1.165, 1.54) is 0 Å². The van der Waals surface area contributed by atoms with E-state index >= 15 is 0 Å². The fraction of sp³-hybridized carbons (Fsp3) is 0.562. The van der Waals surface area contributed by atoms with E-state index in [0.29, 0.717) is 0 Å². The third-order valence-corrected chi connectivity index (χ3v) is 3.51. The number of aliphatic imine (C=N–C) groups is 1. The number of pyridine rings is 1. The molecule has 2 rings (SSSR count). The average molecular weight is 396 g/mol. The number of rotatable bonds is 5. The van der Waals surface area contributed by atoms with Crippen molar-refractivity contribution in [2.24, 2.45) is 10.9 Å². The Labute approximate surface area is 151 Å². The summed E-state index contributed by atoms with van der Waals surface area (Å²) in [5.74, 6) is -1.51. The molecule has 1 fully saturated rings. The molecule has 11 heteroatoms. The molecular formula is C16H17F5N2O4. The number of carbonyl (C=O) groups is 1. The second-order valence-electron chi connectivity index (χ2n) is 6.01. The molecule has 1 aromatic rings. The quantitative estimate of drug-likeness (QED) is 0.555. The van der Waals surface area contributed by atoms with Crippen molar-refractivity contribution < 1.29 is 41.0 Å². The van der Waals surface area contributed by atoms with Crippen LogP contribution in [0.15, 0.2) is 4.99 Å². The first-order valence-electron chi connectivity index (χ1n) is 7.91. The first-order valence-corrected chi connectivity index (χ1v) is 7.91. The lowest BCUT2D eigenvalue weighted by Crippen LogP contribution is -2.20. The van der Waals surface area contributed by atoms with E-state index in [1.807, 2.05) is 0 Å². The van der Waals surface area contributed by atoms with Crippen molar-refractivity contribution >= 4 is 17.7 Å². The molecule has 150 valence electrons. The van der Waals surface area contributed by atoms with Gasteiger partial charge in [-0.25, -0.2) is 18.6 Å².